The largest absolute Gasteiger partial charge is 0.490 e. The van der Waals surface area contributed by atoms with Gasteiger partial charge in [0, 0.05) is 23.6 Å². The number of benzene rings is 1. The van der Waals surface area contributed by atoms with E-state index in [-0.39, 0.29) is 24.7 Å². The zero-order chi connectivity index (χ0) is 18.7. The number of nitrogens with zero attached hydrogens (tertiary/aromatic N) is 2. The van der Waals surface area contributed by atoms with Crippen LogP contribution in [0.2, 0.25) is 5.02 Å². The summed E-state index contributed by atoms with van der Waals surface area (Å²) in [7, 11) is 0. The second kappa shape index (κ2) is 7.89. The molecule has 0 spiro atoms. The zero-order valence-electron chi connectivity index (χ0n) is 14.8. The molecule has 0 radical (unpaired) electrons. The molecule has 3 rings (SSSR count). The van der Waals surface area contributed by atoms with Crippen LogP contribution in [0.4, 0.5) is 0 Å². The summed E-state index contributed by atoms with van der Waals surface area (Å²) in [5, 5.41) is 10.4. The highest BCUT2D eigenvalue weighted by Crippen LogP contribution is 2.27. The number of rotatable bonds is 7. The number of halogens is 1. The molecule has 0 saturated carbocycles. The van der Waals surface area contributed by atoms with Crippen molar-refractivity contribution in [1.82, 2.24) is 9.38 Å². The fraction of sp³-hybridized carbons (Fsp3) is 0.300. The lowest BCUT2D eigenvalue weighted by Gasteiger charge is -2.14. The van der Waals surface area contributed by atoms with Gasteiger partial charge in [0.05, 0.1) is 18.9 Å². The van der Waals surface area contributed by atoms with E-state index in [9.17, 15) is 9.90 Å². The molecule has 0 bridgehead atoms. The van der Waals surface area contributed by atoms with Crippen LogP contribution in [0.15, 0.2) is 42.6 Å². The molecular weight excluding hydrogens is 352 g/mol. The van der Waals surface area contributed by atoms with Crippen molar-refractivity contribution in [2.45, 2.75) is 26.2 Å². The molecule has 136 valence electrons. The molecule has 0 fully saturated rings. The molecular formula is C20H21ClN2O3. The Labute approximate surface area is 157 Å². The van der Waals surface area contributed by atoms with Crippen LogP contribution in [0.3, 0.4) is 0 Å². The highest BCUT2D eigenvalue weighted by Gasteiger charge is 2.22. The molecule has 0 amide bonds. The fourth-order valence-corrected chi connectivity index (χ4v) is 3.23. The van der Waals surface area contributed by atoms with E-state index in [2.05, 4.69) is 4.98 Å². The number of Topliss-reactive ketones (excluding diaryl/α,β-unsaturated/α-hetero) is 1. The first-order valence-electron chi connectivity index (χ1n) is 8.55. The molecule has 1 atom stereocenters. The fourth-order valence-electron chi connectivity index (χ4n) is 3.10. The lowest BCUT2D eigenvalue weighted by molar-refractivity contribution is 0.0953. The van der Waals surface area contributed by atoms with Crippen molar-refractivity contribution in [3.8, 4) is 5.75 Å². The summed E-state index contributed by atoms with van der Waals surface area (Å²) in [5.74, 6) is 0.283. The Hall–Kier alpha value is -2.37. The monoisotopic (exact) mass is 372 g/mol. The Morgan fingerprint density at radius 1 is 1.31 bits per heavy atom. The first kappa shape index (κ1) is 18.4. The third-order valence-electron chi connectivity index (χ3n) is 4.35. The van der Waals surface area contributed by atoms with Gasteiger partial charge in [0.15, 0.2) is 17.2 Å². The van der Waals surface area contributed by atoms with E-state index in [0.29, 0.717) is 34.4 Å². The van der Waals surface area contributed by atoms with Crippen LogP contribution < -0.4 is 4.74 Å². The van der Waals surface area contributed by atoms with Gasteiger partial charge in [-0.05, 0) is 43.7 Å². The van der Waals surface area contributed by atoms with Gasteiger partial charge in [0.2, 0.25) is 0 Å². The quantitative estimate of drug-likeness (QED) is 0.635. The molecule has 6 heteroatoms. The molecule has 1 N–H and O–H groups in total. The minimum absolute atomic E-state index is 0.0716. The number of hydrogen-bond acceptors (Lipinski definition) is 4. The second-order valence-electron chi connectivity index (χ2n) is 6.10. The molecule has 26 heavy (non-hydrogen) atoms. The first-order chi connectivity index (χ1) is 12.5. The number of aromatic nitrogens is 2. The van der Waals surface area contributed by atoms with Crippen LogP contribution >= 0.6 is 11.6 Å². The Balaban J connectivity index is 1.93. The van der Waals surface area contributed by atoms with E-state index in [1.807, 2.05) is 38.1 Å². The summed E-state index contributed by atoms with van der Waals surface area (Å²) >= 11 is 5.92. The normalized spacial score (nSPS) is 12.3. The van der Waals surface area contributed by atoms with Gasteiger partial charge >= 0.3 is 0 Å². The number of fused-ring (bicyclic) bond motifs is 1. The highest BCUT2D eigenvalue weighted by atomic mass is 35.5. The molecule has 0 aliphatic carbocycles. The summed E-state index contributed by atoms with van der Waals surface area (Å²) in [4.78, 5) is 17.5. The van der Waals surface area contributed by atoms with Crippen LogP contribution in [-0.4, -0.2) is 33.5 Å². The van der Waals surface area contributed by atoms with Gasteiger partial charge < -0.3 is 9.84 Å². The third kappa shape index (κ3) is 3.59. The number of aliphatic hydroxyl groups excluding tert-OH is 1. The average molecular weight is 373 g/mol. The number of ether oxygens (including phenoxy) is 1. The van der Waals surface area contributed by atoms with Gasteiger partial charge in [0.1, 0.15) is 5.69 Å². The van der Waals surface area contributed by atoms with Crippen molar-refractivity contribution >= 4 is 23.0 Å². The van der Waals surface area contributed by atoms with Gasteiger partial charge in [0.25, 0.3) is 0 Å². The van der Waals surface area contributed by atoms with Crippen LogP contribution in [0.5, 0.6) is 5.75 Å². The van der Waals surface area contributed by atoms with Crippen molar-refractivity contribution in [2.24, 2.45) is 0 Å². The predicted octanol–water partition coefficient (Wildman–Crippen LogP) is 4.04. The van der Waals surface area contributed by atoms with E-state index in [0.717, 1.165) is 5.56 Å². The lowest BCUT2D eigenvalue weighted by Crippen LogP contribution is -2.13. The standard InChI is InChI=1S/C20H21ClN2O3/c1-3-26-18-5-4-10-23-19(13(2)22-20(18)23)17(25)11-15(12-24)14-6-8-16(21)9-7-14/h4-10,15,24H,3,11-12H2,1-2H3/t15-/m0/s1. The Bertz CT molecular complexity index is 919. The summed E-state index contributed by atoms with van der Waals surface area (Å²) in [6.07, 6.45) is 1.99. The molecule has 0 aliphatic rings. The van der Waals surface area contributed by atoms with Gasteiger partial charge in [-0.2, -0.15) is 0 Å². The molecule has 0 saturated heterocycles. The lowest BCUT2D eigenvalue weighted by atomic mass is 9.93. The highest BCUT2D eigenvalue weighted by molar-refractivity contribution is 6.30. The second-order valence-corrected chi connectivity index (χ2v) is 6.54. The average Bonchev–Trinajstić information content (AvgIpc) is 2.97. The van der Waals surface area contributed by atoms with Crippen molar-refractivity contribution in [3.05, 3.63) is 64.6 Å². The van der Waals surface area contributed by atoms with Crippen molar-refractivity contribution in [3.63, 3.8) is 0 Å². The number of pyridine rings is 1. The molecule has 2 heterocycles. The number of carbonyl (C=O) groups excluding carboxylic acids is 1. The minimum Gasteiger partial charge on any atom is -0.490 e. The number of hydrogen-bond donors (Lipinski definition) is 1. The van der Waals surface area contributed by atoms with E-state index in [1.54, 1.807) is 22.7 Å². The summed E-state index contributed by atoms with van der Waals surface area (Å²) < 4.78 is 7.37. The van der Waals surface area contributed by atoms with E-state index >= 15 is 0 Å². The summed E-state index contributed by atoms with van der Waals surface area (Å²) in [5.41, 5.74) is 2.68. The van der Waals surface area contributed by atoms with Crippen LogP contribution in [-0.2, 0) is 0 Å². The molecule has 0 unspecified atom stereocenters. The van der Waals surface area contributed by atoms with E-state index in [1.165, 1.54) is 0 Å². The molecule has 3 aromatic rings. The number of aliphatic hydroxyl groups is 1. The summed E-state index contributed by atoms with van der Waals surface area (Å²) in [6, 6.07) is 10.9. The van der Waals surface area contributed by atoms with Crippen LogP contribution in [0.25, 0.3) is 5.65 Å². The number of imidazole rings is 1. The van der Waals surface area contributed by atoms with E-state index < -0.39 is 0 Å². The van der Waals surface area contributed by atoms with Gasteiger partial charge in [-0.15, -0.1) is 0 Å². The van der Waals surface area contributed by atoms with Crippen molar-refractivity contribution < 1.29 is 14.6 Å². The topological polar surface area (TPSA) is 63.8 Å². The third-order valence-corrected chi connectivity index (χ3v) is 4.60. The van der Waals surface area contributed by atoms with Crippen molar-refractivity contribution in [2.75, 3.05) is 13.2 Å². The van der Waals surface area contributed by atoms with Gasteiger partial charge in [-0.3, -0.25) is 9.20 Å². The number of aryl methyl sites for hydroxylation is 1. The Morgan fingerprint density at radius 3 is 2.69 bits per heavy atom. The smallest absolute Gasteiger partial charge is 0.182 e. The van der Waals surface area contributed by atoms with Crippen LogP contribution in [0.1, 0.15) is 41.0 Å². The molecule has 5 nitrogen and oxygen atoms in total. The first-order valence-corrected chi connectivity index (χ1v) is 8.93. The minimum atomic E-state index is -0.292. The van der Waals surface area contributed by atoms with E-state index in [4.69, 9.17) is 16.3 Å². The number of carbonyl (C=O) groups is 1. The zero-order valence-corrected chi connectivity index (χ0v) is 15.5. The summed E-state index contributed by atoms with van der Waals surface area (Å²) in [6.45, 7) is 4.13. The van der Waals surface area contributed by atoms with Crippen molar-refractivity contribution in [1.29, 1.82) is 0 Å². The number of ketones is 1. The maximum Gasteiger partial charge on any atom is 0.182 e. The maximum absolute atomic E-state index is 13.0. The Kier molecular flexibility index (Phi) is 5.59. The predicted molar refractivity (Wildman–Crippen MR) is 101 cm³/mol. The molecule has 0 aliphatic heterocycles. The Morgan fingerprint density at radius 2 is 2.04 bits per heavy atom. The SMILES string of the molecule is CCOc1cccn2c(C(=O)C[C@@H](CO)c3ccc(Cl)cc3)c(C)nc12. The van der Waals surface area contributed by atoms with Crippen LogP contribution in [0, 0.1) is 6.92 Å². The van der Waals surface area contributed by atoms with Gasteiger partial charge in [-0.1, -0.05) is 23.7 Å². The maximum atomic E-state index is 13.0. The van der Waals surface area contributed by atoms with Gasteiger partial charge in [-0.25, -0.2) is 4.98 Å². The molecule has 1 aromatic carbocycles. The molecule has 2 aromatic heterocycles.